The van der Waals surface area contributed by atoms with Crippen molar-refractivity contribution in [2.24, 2.45) is 0 Å². The summed E-state index contributed by atoms with van der Waals surface area (Å²) in [5.74, 6) is -0.0404. The average molecular weight is 334 g/mol. The van der Waals surface area contributed by atoms with Gasteiger partial charge in [-0.3, -0.25) is 9.69 Å². The van der Waals surface area contributed by atoms with Crippen molar-refractivity contribution in [2.75, 3.05) is 26.7 Å². The number of hydrogen-bond donors (Lipinski definition) is 1. The topological polar surface area (TPSA) is 50.8 Å². The molecule has 1 aliphatic rings. The molecule has 1 amide bonds. The van der Waals surface area contributed by atoms with Gasteiger partial charge in [0.05, 0.1) is 18.8 Å². The minimum Gasteiger partial charge on any atom is -0.380 e. The Morgan fingerprint density at radius 2 is 1.83 bits per heavy atom. The second-order valence-corrected chi connectivity index (χ2v) is 7.29. The van der Waals surface area contributed by atoms with E-state index in [9.17, 15) is 4.79 Å². The first-order chi connectivity index (χ1) is 11.3. The summed E-state index contributed by atoms with van der Waals surface area (Å²) in [7, 11) is 1.66. The number of amides is 1. The number of morpholine rings is 1. The lowest BCUT2D eigenvalue weighted by molar-refractivity contribution is -0.0948. The summed E-state index contributed by atoms with van der Waals surface area (Å²) in [5, 5.41) is 3.06. The van der Waals surface area contributed by atoms with Crippen molar-refractivity contribution in [3.8, 4) is 0 Å². The Kier molecular flexibility index (Phi) is 6.38. The van der Waals surface area contributed by atoms with Gasteiger partial charge in [0.15, 0.2) is 0 Å². The third-order valence-electron chi connectivity index (χ3n) is 4.48. The van der Waals surface area contributed by atoms with Crippen LogP contribution in [0, 0.1) is 0 Å². The van der Waals surface area contributed by atoms with Crippen LogP contribution in [0.15, 0.2) is 24.3 Å². The van der Waals surface area contributed by atoms with Crippen molar-refractivity contribution >= 4 is 5.91 Å². The first-order valence-electron chi connectivity index (χ1n) is 8.58. The van der Waals surface area contributed by atoms with Crippen molar-refractivity contribution in [3.05, 3.63) is 35.4 Å². The van der Waals surface area contributed by atoms with E-state index in [2.05, 4.69) is 37.9 Å². The van der Waals surface area contributed by atoms with E-state index in [1.54, 1.807) is 7.11 Å². The molecule has 2 rings (SSSR count). The maximum absolute atomic E-state index is 12.4. The monoisotopic (exact) mass is 334 g/mol. The maximum atomic E-state index is 12.4. The van der Waals surface area contributed by atoms with Gasteiger partial charge in [0.2, 0.25) is 0 Å². The van der Waals surface area contributed by atoms with Gasteiger partial charge in [0.1, 0.15) is 0 Å². The summed E-state index contributed by atoms with van der Waals surface area (Å²) in [6.45, 7) is 11.5. The van der Waals surface area contributed by atoms with Gasteiger partial charge in [-0.05, 0) is 45.4 Å². The highest BCUT2D eigenvalue weighted by atomic mass is 16.5. The number of hydrogen-bond acceptors (Lipinski definition) is 4. The Hall–Kier alpha value is -1.43. The number of ether oxygens (including phenoxy) is 2. The first-order valence-corrected chi connectivity index (χ1v) is 8.58. The summed E-state index contributed by atoms with van der Waals surface area (Å²) in [6, 6.07) is 7.54. The van der Waals surface area contributed by atoms with Crippen molar-refractivity contribution in [3.63, 3.8) is 0 Å². The molecule has 0 spiro atoms. The van der Waals surface area contributed by atoms with Crippen LogP contribution >= 0.6 is 0 Å². The van der Waals surface area contributed by atoms with Gasteiger partial charge in [0.25, 0.3) is 5.91 Å². The molecule has 24 heavy (non-hydrogen) atoms. The van der Waals surface area contributed by atoms with Gasteiger partial charge in [-0.25, -0.2) is 0 Å². The van der Waals surface area contributed by atoms with E-state index in [1.807, 2.05) is 24.3 Å². The summed E-state index contributed by atoms with van der Waals surface area (Å²) >= 11 is 0. The molecule has 1 aromatic rings. The molecule has 5 heteroatoms. The fourth-order valence-corrected chi connectivity index (χ4v) is 3.10. The Morgan fingerprint density at radius 3 is 2.38 bits per heavy atom. The number of carbonyl (C=O) groups excluding carboxylic acids is 1. The number of nitrogens with zero attached hydrogens (tertiary/aromatic N) is 1. The van der Waals surface area contributed by atoms with E-state index in [1.165, 1.54) is 0 Å². The van der Waals surface area contributed by atoms with Crippen LogP contribution in [0.25, 0.3) is 0 Å². The van der Waals surface area contributed by atoms with E-state index in [0.29, 0.717) is 18.7 Å². The van der Waals surface area contributed by atoms with Gasteiger partial charge >= 0.3 is 0 Å². The highest BCUT2D eigenvalue weighted by Crippen LogP contribution is 2.20. The van der Waals surface area contributed by atoms with Crippen LogP contribution < -0.4 is 5.32 Å². The minimum absolute atomic E-state index is 0.0404. The zero-order valence-corrected chi connectivity index (χ0v) is 15.5. The molecule has 134 valence electrons. The van der Waals surface area contributed by atoms with Crippen LogP contribution in [0.4, 0.5) is 0 Å². The fraction of sp³-hybridized carbons (Fsp3) is 0.632. The first kappa shape index (κ1) is 18.9. The fourth-order valence-electron chi connectivity index (χ4n) is 3.10. The van der Waals surface area contributed by atoms with E-state index >= 15 is 0 Å². The van der Waals surface area contributed by atoms with Crippen LogP contribution in [0.5, 0.6) is 0 Å². The number of rotatable bonds is 6. The van der Waals surface area contributed by atoms with E-state index in [4.69, 9.17) is 9.47 Å². The molecule has 2 atom stereocenters. The quantitative estimate of drug-likeness (QED) is 0.868. The Bertz CT molecular complexity index is 532. The van der Waals surface area contributed by atoms with E-state index in [-0.39, 0.29) is 23.7 Å². The second-order valence-electron chi connectivity index (χ2n) is 7.29. The van der Waals surface area contributed by atoms with E-state index < -0.39 is 0 Å². The lowest BCUT2D eigenvalue weighted by Crippen LogP contribution is -2.58. The molecule has 0 aromatic heterocycles. The van der Waals surface area contributed by atoms with Gasteiger partial charge in [-0.1, -0.05) is 12.1 Å². The summed E-state index contributed by atoms with van der Waals surface area (Å²) in [5.41, 5.74) is 1.62. The Morgan fingerprint density at radius 1 is 1.25 bits per heavy atom. The third-order valence-corrected chi connectivity index (χ3v) is 4.48. The highest BCUT2D eigenvalue weighted by molar-refractivity contribution is 5.94. The maximum Gasteiger partial charge on any atom is 0.251 e. The largest absolute Gasteiger partial charge is 0.380 e. The zero-order chi connectivity index (χ0) is 17.7. The predicted molar refractivity (Wildman–Crippen MR) is 95.1 cm³/mol. The van der Waals surface area contributed by atoms with Crippen molar-refractivity contribution in [1.29, 1.82) is 0 Å². The number of carbonyl (C=O) groups is 1. The molecule has 0 unspecified atom stereocenters. The summed E-state index contributed by atoms with van der Waals surface area (Å²) in [4.78, 5) is 14.8. The van der Waals surface area contributed by atoms with Gasteiger partial charge < -0.3 is 14.8 Å². The zero-order valence-electron chi connectivity index (χ0n) is 15.5. The molecular formula is C19H30N2O3. The standard InChI is InChI=1S/C19H30N2O3/c1-14-10-21(11-15(2)24-14)19(3,4)13-20-18(22)17-8-6-16(7-9-17)12-23-5/h6-9,14-15H,10-13H2,1-5H3,(H,20,22)/t14-,15-/m1/s1. The normalized spacial score (nSPS) is 22.4. The predicted octanol–water partition coefficient (Wildman–Crippen LogP) is 2.45. The summed E-state index contributed by atoms with van der Waals surface area (Å²) in [6.07, 6.45) is 0.439. The number of nitrogens with one attached hydrogen (secondary N) is 1. The van der Waals surface area contributed by atoms with Gasteiger partial charge in [-0.2, -0.15) is 0 Å². The Labute approximate surface area is 145 Å². The number of methoxy groups -OCH3 is 1. The van der Waals surface area contributed by atoms with Crippen LogP contribution in [-0.4, -0.2) is 55.3 Å². The molecule has 5 nitrogen and oxygen atoms in total. The molecule has 1 fully saturated rings. The lowest BCUT2D eigenvalue weighted by Gasteiger charge is -2.45. The van der Waals surface area contributed by atoms with Crippen molar-refractivity contribution in [1.82, 2.24) is 10.2 Å². The summed E-state index contributed by atoms with van der Waals surface area (Å²) < 4.78 is 10.9. The van der Waals surface area contributed by atoms with Crippen LogP contribution in [-0.2, 0) is 16.1 Å². The lowest BCUT2D eigenvalue weighted by atomic mass is 10.00. The SMILES string of the molecule is COCc1ccc(C(=O)NCC(C)(C)N2C[C@@H](C)O[C@H](C)C2)cc1. The highest BCUT2D eigenvalue weighted by Gasteiger charge is 2.33. The smallest absolute Gasteiger partial charge is 0.251 e. The molecule has 1 saturated heterocycles. The van der Waals surface area contributed by atoms with Crippen LogP contribution in [0.2, 0.25) is 0 Å². The van der Waals surface area contributed by atoms with Gasteiger partial charge in [0, 0.05) is 37.8 Å². The Balaban J connectivity index is 1.91. The molecule has 1 heterocycles. The van der Waals surface area contributed by atoms with Gasteiger partial charge in [-0.15, -0.1) is 0 Å². The molecule has 0 bridgehead atoms. The number of benzene rings is 1. The van der Waals surface area contributed by atoms with Crippen LogP contribution in [0.1, 0.15) is 43.6 Å². The second kappa shape index (κ2) is 8.10. The third kappa shape index (κ3) is 5.03. The van der Waals surface area contributed by atoms with Crippen LogP contribution in [0.3, 0.4) is 0 Å². The molecule has 0 aliphatic carbocycles. The van der Waals surface area contributed by atoms with E-state index in [0.717, 1.165) is 18.7 Å². The molecule has 1 aromatic carbocycles. The molecule has 0 saturated carbocycles. The average Bonchev–Trinajstić information content (AvgIpc) is 2.53. The molecule has 1 N–H and O–H groups in total. The molecule has 0 radical (unpaired) electrons. The van der Waals surface area contributed by atoms with Crippen molar-refractivity contribution < 1.29 is 14.3 Å². The molecule has 1 aliphatic heterocycles. The minimum atomic E-state index is -0.113. The van der Waals surface area contributed by atoms with Crippen molar-refractivity contribution in [2.45, 2.75) is 52.0 Å². The molecular weight excluding hydrogens is 304 g/mol.